The number of hydrogen-bond donors (Lipinski definition) is 2. The molecule has 27 heavy (non-hydrogen) atoms. The molecule has 1 fully saturated rings. The average Bonchev–Trinajstić information content (AvgIpc) is 3.16. The maximum Gasteiger partial charge on any atom is 0.414 e. The van der Waals surface area contributed by atoms with E-state index in [1.807, 2.05) is 24.3 Å². The molecule has 150 valence electrons. The number of carbonyl (C=O) groups is 2. The topological polar surface area (TPSA) is 96.3 Å². The summed E-state index contributed by atoms with van der Waals surface area (Å²) < 4.78 is 11.2. The van der Waals surface area contributed by atoms with E-state index in [0.29, 0.717) is 0 Å². The fourth-order valence-corrected chi connectivity index (χ4v) is 2.76. The highest BCUT2D eigenvalue weighted by atomic mass is 16.5. The molecule has 0 saturated carbocycles. The standard InChI is InChI=1S/C18H27NO2.C2H2O4/c1-3-8-16-15-17(20-2)9-10-18(16)21-14-7-6-13-19-11-4-5-12-19;3-1(4)2(5)6/h3,9-10,15H,1,4-8,11-14H2,2H3;(H,3,4)(H,5,6). The molecule has 0 aliphatic carbocycles. The van der Waals surface area contributed by atoms with E-state index < -0.39 is 11.9 Å². The van der Waals surface area contributed by atoms with Gasteiger partial charge in [-0.1, -0.05) is 6.08 Å². The van der Waals surface area contributed by atoms with Gasteiger partial charge >= 0.3 is 11.9 Å². The number of rotatable bonds is 9. The van der Waals surface area contributed by atoms with Crippen LogP contribution in [0.3, 0.4) is 0 Å². The first kappa shape index (κ1) is 22.5. The van der Waals surface area contributed by atoms with Crippen LogP contribution in [0.4, 0.5) is 0 Å². The molecule has 1 aliphatic rings. The highest BCUT2D eigenvalue weighted by molar-refractivity contribution is 6.27. The van der Waals surface area contributed by atoms with Gasteiger partial charge in [0.2, 0.25) is 0 Å². The maximum atomic E-state index is 9.10. The van der Waals surface area contributed by atoms with Crippen LogP contribution < -0.4 is 9.47 Å². The third-order valence-electron chi connectivity index (χ3n) is 4.14. The summed E-state index contributed by atoms with van der Waals surface area (Å²) in [5, 5.41) is 14.8. The van der Waals surface area contributed by atoms with Crippen molar-refractivity contribution in [2.45, 2.75) is 32.1 Å². The van der Waals surface area contributed by atoms with Gasteiger partial charge in [0, 0.05) is 5.56 Å². The first-order chi connectivity index (χ1) is 13.0. The minimum Gasteiger partial charge on any atom is -0.497 e. The molecule has 0 bridgehead atoms. The van der Waals surface area contributed by atoms with Gasteiger partial charge in [0.25, 0.3) is 0 Å². The summed E-state index contributed by atoms with van der Waals surface area (Å²) in [6.07, 6.45) is 7.76. The molecule has 2 N–H and O–H groups in total. The minimum absolute atomic E-state index is 0.782. The van der Waals surface area contributed by atoms with Gasteiger partial charge in [-0.3, -0.25) is 0 Å². The average molecular weight is 379 g/mol. The molecular weight excluding hydrogens is 350 g/mol. The van der Waals surface area contributed by atoms with Gasteiger partial charge < -0.3 is 24.6 Å². The Hall–Kier alpha value is -2.54. The molecule has 1 aliphatic heterocycles. The Kier molecular flexibility index (Phi) is 10.6. The van der Waals surface area contributed by atoms with Crippen molar-refractivity contribution in [3.8, 4) is 11.5 Å². The summed E-state index contributed by atoms with van der Waals surface area (Å²) >= 11 is 0. The van der Waals surface area contributed by atoms with Crippen LogP contribution >= 0.6 is 0 Å². The van der Waals surface area contributed by atoms with Crippen molar-refractivity contribution in [1.29, 1.82) is 0 Å². The Labute approximate surface area is 160 Å². The summed E-state index contributed by atoms with van der Waals surface area (Å²) in [5.74, 6) is -1.82. The lowest BCUT2D eigenvalue weighted by Gasteiger charge is -2.15. The Morgan fingerprint density at radius 3 is 2.41 bits per heavy atom. The lowest BCUT2D eigenvalue weighted by atomic mass is 10.1. The van der Waals surface area contributed by atoms with E-state index in [0.717, 1.165) is 36.5 Å². The molecule has 1 heterocycles. The van der Waals surface area contributed by atoms with E-state index in [9.17, 15) is 0 Å². The highest BCUT2D eigenvalue weighted by Crippen LogP contribution is 2.25. The normalized spacial score (nSPS) is 13.4. The highest BCUT2D eigenvalue weighted by Gasteiger charge is 2.10. The Balaban J connectivity index is 0.000000527. The fraction of sp³-hybridized carbons (Fsp3) is 0.500. The lowest BCUT2D eigenvalue weighted by Crippen LogP contribution is -2.20. The number of aliphatic carboxylic acids is 2. The number of carboxylic acids is 2. The van der Waals surface area contributed by atoms with E-state index >= 15 is 0 Å². The predicted molar refractivity (Wildman–Crippen MR) is 103 cm³/mol. The quantitative estimate of drug-likeness (QED) is 0.387. The van der Waals surface area contributed by atoms with Gasteiger partial charge in [-0.05, 0) is 69.9 Å². The van der Waals surface area contributed by atoms with E-state index in [1.165, 1.54) is 38.9 Å². The molecule has 1 aromatic carbocycles. The van der Waals surface area contributed by atoms with Crippen LogP contribution in [0.15, 0.2) is 30.9 Å². The molecule has 0 aromatic heterocycles. The van der Waals surface area contributed by atoms with Crippen LogP contribution in [0.1, 0.15) is 31.2 Å². The molecule has 1 aromatic rings. The maximum absolute atomic E-state index is 9.10. The van der Waals surface area contributed by atoms with Crippen LogP contribution in [0.2, 0.25) is 0 Å². The molecule has 7 nitrogen and oxygen atoms in total. The second kappa shape index (κ2) is 12.8. The molecule has 2 rings (SSSR count). The third-order valence-corrected chi connectivity index (χ3v) is 4.14. The second-order valence-corrected chi connectivity index (χ2v) is 6.18. The monoisotopic (exact) mass is 379 g/mol. The van der Waals surface area contributed by atoms with Gasteiger partial charge in [0.1, 0.15) is 11.5 Å². The zero-order chi connectivity index (χ0) is 20.1. The molecule has 0 radical (unpaired) electrons. The van der Waals surface area contributed by atoms with Gasteiger partial charge in [0.15, 0.2) is 0 Å². The van der Waals surface area contributed by atoms with E-state index in [-0.39, 0.29) is 0 Å². The summed E-state index contributed by atoms with van der Waals surface area (Å²) in [6, 6.07) is 5.98. The SMILES string of the molecule is C=CCc1cc(OC)ccc1OCCCCN1CCCC1.O=C(O)C(=O)O. The van der Waals surface area contributed by atoms with Crippen LogP contribution in [-0.4, -0.2) is 60.4 Å². The van der Waals surface area contributed by atoms with Gasteiger partial charge in [-0.25, -0.2) is 9.59 Å². The minimum atomic E-state index is -1.82. The fourth-order valence-electron chi connectivity index (χ4n) is 2.76. The number of hydrogen-bond acceptors (Lipinski definition) is 5. The summed E-state index contributed by atoms with van der Waals surface area (Å²) in [6.45, 7) is 8.36. The largest absolute Gasteiger partial charge is 0.497 e. The smallest absolute Gasteiger partial charge is 0.414 e. The van der Waals surface area contributed by atoms with Crippen LogP contribution in [0.25, 0.3) is 0 Å². The van der Waals surface area contributed by atoms with E-state index in [2.05, 4.69) is 11.5 Å². The van der Waals surface area contributed by atoms with Crippen molar-refractivity contribution in [1.82, 2.24) is 4.90 Å². The Bertz CT molecular complexity index is 598. The number of likely N-dealkylation sites (tertiary alicyclic amines) is 1. The number of benzene rings is 1. The van der Waals surface area contributed by atoms with Crippen molar-refractivity contribution in [3.63, 3.8) is 0 Å². The Morgan fingerprint density at radius 1 is 1.19 bits per heavy atom. The molecular formula is C20H29NO6. The molecule has 1 saturated heterocycles. The molecule has 0 amide bonds. The van der Waals surface area contributed by atoms with Crippen molar-refractivity contribution in [2.24, 2.45) is 0 Å². The number of methoxy groups -OCH3 is 1. The summed E-state index contributed by atoms with van der Waals surface area (Å²) in [4.78, 5) is 20.8. The number of ether oxygens (including phenoxy) is 2. The van der Waals surface area contributed by atoms with Crippen molar-refractivity contribution in [3.05, 3.63) is 36.4 Å². The van der Waals surface area contributed by atoms with Crippen molar-refractivity contribution >= 4 is 11.9 Å². The van der Waals surface area contributed by atoms with Gasteiger partial charge in [0.05, 0.1) is 13.7 Å². The van der Waals surface area contributed by atoms with Crippen LogP contribution in [-0.2, 0) is 16.0 Å². The number of nitrogens with zero attached hydrogens (tertiary/aromatic N) is 1. The first-order valence-corrected chi connectivity index (χ1v) is 9.07. The molecule has 0 atom stereocenters. The summed E-state index contributed by atoms with van der Waals surface area (Å²) in [5.41, 5.74) is 1.14. The third kappa shape index (κ3) is 9.10. The zero-order valence-corrected chi connectivity index (χ0v) is 15.9. The number of unbranched alkanes of at least 4 members (excludes halogenated alkanes) is 1. The van der Waals surface area contributed by atoms with Crippen molar-refractivity contribution < 1.29 is 29.3 Å². The predicted octanol–water partition coefficient (Wildman–Crippen LogP) is 2.83. The molecule has 7 heteroatoms. The zero-order valence-electron chi connectivity index (χ0n) is 15.9. The summed E-state index contributed by atoms with van der Waals surface area (Å²) in [7, 11) is 1.69. The molecule has 0 unspecified atom stereocenters. The van der Waals surface area contributed by atoms with Crippen LogP contribution in [0, 0.1) is 0 Å². The van der Waals surface area contributed by atoms with Gasteiger partial charge in [-0.2, -0.15) is 0 Å². The second-order valence-electron chi connectivity index (χ2n) is 6.18. The lowest BCUT2D eigenvalue weighted by molar-refractivity contribution is -0.159. The van der Waals surface area contributed by atoms with Crippen molar-refractivity contribution in [2.75, 3.05) is 33.4 Å². The van der Waals surface area contributed by atoms with Crippen LogP contribution in [0.5, 0.6) is 11.5 Å². The first-order valence-electron chi connectivity index (χ1n) is 9.07. The number of carboxylic acid groups (broad SMARTS) is 2. The van der Waals surface area contributed by atoms with Gasteiger partial charge in [-0.15, -0.1) is 6.58 Å². The molecule has 0 spiro atoms. The Morgan fingerprint density at radius 2 is 1.85 bits per heavy atom. The number of allylic oxidation sites excluding steroid dienone is 1. The van der Waals surface area contributed by atoms with E-state index in [1.54, 1.807) is 7.11 Å². The van der Waals surface area contributed by atoms with E-state index in [4.69, 9.17) is 29.3 Å².